The van der Waals surface area contributed by atoms with Crippen molar-refractivity contribution in [2.45, 2.75) is 13.5 Å². The Morgan fingerprint density at radius 1 is 1.79 bits per heavy atom. The van der Waals surface area contributed by atoms with Crippen LogP contribution in [-0.2, 0) is 6.54 Å². The van der Waals surface area contributed by atoms with E-state index < -0.39 is 0 Å². The minimum absolute atomic E-state index is 0.415. The molecule has 0 bridgehead atoms. The van der Waals surface area contributed by atoms with Crippen LogP contribution in [-0.4, -0.2) is 22.1 Å². The number of aliphatic imine (C=N–C) groups is 1. The first-order valence-corrected chi connectivity index (χ1v) is 4.94. The van der Waals surface area contributed by atoms with Crippen LogP contribution in [0.1, 0.15) is 10.6 Å². The number of hydrogen-bond donors (Lipinski definition) is 2. The van der Waals surface area contributed by atoms with Gasteiger partial charge in [-0.25, -0.2) is 4.99 Å². The molecule has 1 aromatic rings. The van der Waals surface area contributed by atoms with Crippen molar-refractivity contribution >= 4 is 17.5 Å². The van der Waals surface area contributed by atoms with Gasteiger partial charge in [-0.05, 0) is 18.5 Å². The number of aromatic nitrogens is 2. The Hall–Kier alpha value is -1.43. The lowest BCUT2D eigenvalue weighted by Gasteiger charge is -2.00. The summed E-state index contributed by atoms with van der Waals surface area (Å²) in [6.07, 6.45) is 1.72. The molecule has 0 radical (unpaired) electrons. The fourth-order valence-corrected chi connectivity index (χ4v) is 1.34. The van der Waals surface area contributed by atoms with Crippen molar-refractivity contribution in [1.29, 1.82) is 0 Å². The van der Waals surface area contributed by atoms with Crippen LogP contribution in [0.4, 0.5) is 0 Å². The highest BCUT2D eigenvalue weighted by Gasteiger charge is 2.01. The molecule has 5 nitrogen and oxygen atoms in total. The van der Waals surface area contributed by atoms with Crippen LogP contribution < -0.4 is 11.1 Å². The van der Waals surface area contributed by atoms with Gasteiger partial charge in [-0.15, -0.1) is 11.7 Å². The summed E-state index contributed by atoms with van der Waals surface area (Å²) in [5, 5.41) is 6.77. The fraction of sp³-hybridized carbons (Fsp3) is 0.375. The van der Waals surface area contributed by atoms with Crippen LogP contribution in [0, 0.1) is 6.92 Å². The molecule has 14 heavy (non-hydrogen) atoms. The molecule has 1 rings (SSSR count). The summed E-state index contributed by atoms with van der Waals surface area (Å²) in [4.78, 5) is 5.17. The van der Waals surface area contributed by atoms with E-state index in [1.54, 1.807) is 6.08 Å². The summed E-state index contributed by atoms with van der Waals surface area (Å²) in [7, 11) is 0. The van der Waals surface area contributed by atoms with Gasteiger partial charge in [0.15, 0.2) is 5.96 Å². The van der Waals surface area contributed by atoms with E-state index in [0.717, 1.165) is 10.6 Å². The zero-order chi connectivity index (χ0) is 10.4. The number of hydrogen-bond acceptors (Lipinski definition) is 4. The normalized spacial score (nSPS) is 11.4. The third-order valence-corrected chi connectivity index (χ3v) is 2.37. The summed E-state index contributed by atoms with van der Waals surface area (Å²) in [5.41, 5.74) is 6.49. The standard InChI is InChI=1S/C8H13N5S/c1-3-4-10-8(9)11-5-7-6(2)12-13-14-7/h3H,1,4-5H2,2H3,(H3,9,10,11). The second kappa shape index (κ2) is 5.33. The minimum Gasteiger partial charge on any atom is -0.370 e. The number of aryl methyl sites for hydroxylation is 1. The van der Waals surface area contributed by atoms with Crippen molar-refractivity contribution in [2.75, 3.05) is 6.54 Å². The van der Waals surface area contributed by atoms with E-state index in [2.05, 4.69) is 26.5 Å². The topological polar surface area (TPSA) is 76.2 Å². The van der Waals surface area contributed by atoms with E-state index in [9.17, 15) is 0 Å². The lowest BCUT2D eigenvalue weighted by atomic mass is 10.4. The van der Waals surface area contributed by atoms with Crippen molar-refractivity contribution in [3.63, 3.8) is 0 Å². The average Bonchev–Trinajstić information content (AvgIpc) is 2.58. The van der Waals surface area contributed by atoms with Crippen LogP contribution >= 0.6 is 11.5 Å². The third-order valence-electron chi connectivity index (χ3n) is 1.57. The van der Waals surface area contributed by atoms with Gasteiger partial charge in [-0.1, -0.05) is 10.6 Å². The van der Waals surface area contributed by atoms with Crippen LogP contribution in [0.25, 0.3) is 0 Å². The molecule has 76 valence electrons. The first-order chi connectivity index (χ1) is 6.74. The van der Waals surface area contributed by atoms with E-state index in [-0.39, 0.29) is 0 Å². The summed E-state index contributed by atoms with van der Waals surface area (Å²) >= 11 is 1.34. The van der Waals surface area contributed by atoms with Crippen LogP contribution in [0.3, 0.4) is 0 Å². The number of nitrogens with two attached hydrogens (primary N) is 1. The number of nitrogens with one attached hydrogen (secondary N) is 1. The van der Waals surface area contributed by atoms with Gasteiger partial charge in [0.25, 0.3) is 0 Å². The Bertz CT molecular complexity index is 330. The van der Waals surface area contributed by atoms with Gasteiger partial charge < -0.3 is 11.1 Å². The van der Waals surface area contributed by atoms with Gasteiger partial charge in [0.05, 0.1) is 17.1 Å². The maximum Gasteiger partial charge on any atom is 0.189 e. The number of rotatable bonds is 4. The van der Waals surface area contributed by atoms with Gasteiger partial charge in [-0.2, -0.15) is 0 Å². The SMILES string of the molecule is C=CCNC(N)=NCc1snnc1C. The largest absolute Gasteiger partial charge is 0.370 e. The monoisotopic (exact) mass is 211 g/mol. The van der Waals surface area contributed by atoms with E-state index in [0.29, 0.717) is 19.0 Å². The highest BCUT2D eigenvalue weighted by Crippen LogP contribution is 2.09. The zero-order valence-electron chi connectivity index (χ0n) is 8.03. The summed E-state index contributed by atoms with van der Waals surface area (Å²) in [6, 6.07) is 0. The molecule has 0 unspecified atom stereocenters. The van der Waals surface area contributed by atoms with Gasteiger partial charge >= 0.3 is 0 Å². The molecule has 1 heterocycles. The van der Waals surface area contributed by atoms with Crippen molar-refractivity contribution < 1.29 is 0 Å². The molecule has 0 aliphatic rings. The Morgan fingerprint density at radius 3 is 3.14 bits per heavy atom. The van der Waals surface area contributed by atoms with Crippen molar-refractivity contribution in [1.82, 2.24) is 14.9 Å². The molecule has 0 aliphatic heterocycles. The Morgan fingerprint density at radius 2 is 2.57 bits per heavy atom. The fourth-order valence-electron chi connectivity index (χ4n) is 0.786. The van der Waals surface area contributed by atoms with E-state index in [1.807, 2.05) is 6.92 Å². The molecule has 0 saturated heterocycles. The molecule has 0 saturated carbocycles. The van der Waals surface area contributed by atoms with Crippen molar-refractivity contribution in [2.24, 2.45) is 10.7 Å². The molecule has 1 aromatic heterocycles. The maximum atomic E-state index is 5.58. The third kappa shape index (κ3) is 3.14. The van der Waals surface area contributed by atoms with Gasteiger partial charge in [0.2, 0.25) is 0 Å². The molecule has 3 N–H and O–H groups in total. The second-order valence-electron chi connectivity index (χ2n) is 2.65. The maximum absolute atomic E-state index is 5.58. The first kappa shape index (κ1) is 10.6. The Kier molecular flexibility index (Phi) is 4.06. The quantitative estimate of drug-likeness (QED) is 0.430. The number of nitrogens with zero attached hydrogens (tertiary/aromatic N) is 3. The molecule has 0 spiro atoms. The van der Waals surface area contributed by atoms with E-state index in [1.165, 1.54) is 11.5 Å². The summed E-state index contributed by atoms with van der Waals surface area (Å²) < 4.78 is 3.81. The molecular formula is C8H13N5S. The molecule has 0 aromatic carbocycles. The summed E-state index contributed by atoms with van der Waals surface area (Å²) in [5.74, 6) is 0.415. The molecule has 0 atom stereocenters. The first-order valence-electron chi connectivity index (χ1n) is 4.16. The van der Waals surface area contributed by atoms with E-state index in [4.69, 9.17) is 5.73 Å². The Labute approximate surface area is 86.9 Å². The van der Waals surface area contributed by atoms with Gasteiger partial charge in [-0.3, -0.25) is 0 Å². The highest BCUT2D eigenvalue weighted by molar-refractivity contribution is 7.05. The van der Waals surface area contributed by atoms with Crippen molar-refractivity contribution in [3.05, 3.63) is 23.2 Å². The molecule has 0 amide bonds. The highest BCUT2D eigenvalue weighted by atomic mass is 32.1. The molecular weight excluding hydrogens is 198 g/mol. The van der Waals surface area contributed by atoms with Crippen LogP contribution in [0.15, 0.2) is 17.6 Å². The zero-order valence-corrected chi connectivity index (χ0v) is 8.84. The molecule has 6 heteroatoms. The average molecular weight is 211 g/mol. The lowest BCUT2D eigenvalue weighted by molar-refractivity contribution is 0.966. The smallest absolute Gasteiger partial charge is 0.189 e. The number of guanidine groups is 1. The van der Waals surface area contributed by atoms with Crippen molar-refractivity contribution in [3.8, 4) is 0 Å². The molecule has 0 fully saturated rings. The second-order valence-corrected chi connectivity index (χ2v) is 3.49. The predicted molar refractivity (Wildman–Crippen MR) is 58.2 cm³/mol. The van der Waals surface area contributed by atoms with Gasteiger partial charge in [0, 0.05) is 6.54 Å². The van der Waals surface area contributed by atoms with Crippen LogP contribution in [0.2, 0.25) is 0 Å². The molecule has 0 aliphatic carbocycles. The van der Waals surface area contributed by atoms with E-state index >= 15 is 0 Å². The Balaban J connectivity index is 2.46. The van der Waals surface area contributed by atoms with Gasteiger partial charge in [0.1, 0.15) is 0 Å². The summed E-state index contributed by atoms with van der Waals surface area (Å²) in [6.45, 7) is 6.62. The lowest BCUT2D eigenvalue weighted by Crippen LogP contribution is -2.31. The minimum atomic E-state index is 0.415. The van der Waals surface area contributed by atoms with Crippen LogP contribution in [0.5, 0.6) is 0 Å². The predicted octanol–water partition coefficient (Wildman–Crippen LogP) is 0.437.